The number of rotatable bonds is 3. The van der Waals surface area contributed by atoms with E-state index < -0.39 is 0 Å². The Balaban J connectivity index is 1.68. The number of aryl methyl sites for hydroxylation is 1. The molecule has 0 aromatic carbocycles. The second-order valence-corrected chi connectivity index (χ2v) is 5.78. The minimum Gasteiger partial charge on any atom is -0.459 e. The SMILES string of the molecule is Cc1nc(N(C)C)cc(N2CCN(C(=O)c3ccco3)CC2)n1. The summed E-state index contributed by atoms with van der Waals surface area (Å²) < 4.78 is 5.19. The zero-order valence-corrected chi connectivity index (χ0v) is 13.7. The van der Waals surface area contributed by atoms with Crippen molar-refractivity contribution >= 4 is 17.5 Å². The molecular formula is C16H21N5O2. The first-order valence-corrected chi connectivity index (χ1v) is 7.65. The average Bonchev–Trinajstić information content (AvgIpc) is 3.08. The van der Waals surface area contributed by atoms with Gasteiger partial charge in [-0.3, -0.25) is 4.79 Å². The number of carbonyl (C=O) groups excluding carboxylic acids is 1. The van der Waals surface area contributed by atoms with E-state index in [0.717, 1.165) is 30.5 Å². The van der Waals surface area contributed by atoms with Crippen LogP contribution in [-0.2, 0) is 0 Å². The summed E-state index contributed by atoms with van der Waals surface area (Å²) in [7, 11) is 3.93. The molecule has 3 rings (SSSR count). The molecule has 1 fully saturated rings. The molecule has 2 aromatic heterocycles. The third-order valence-electron chi connectivity index (χ3n) is 3.89. The van der Waals surface area contributed by atoms with Crippen molar-refractivity contribution in [3.8, 4) is 0 Å². The summed E-state index contributed by atoms with van der Waals surface area (Å²) >= 11 is 0. The van der Waals surface area contributed by atoms with Crippen LogP contribution >= 0.6 is 0 Å². The van der Waals surface area contributed by atoms with Gasteiger partial charge in [-0.05, 0) is 19.1 Å². The van der Waals surface area contributed by atoms with Crippen molar-refractivity contribution < 1.29 is 9.21 Å². The summed E-state index contributed by atoms with van der Waals surface area (Å²) in [4.78, 5) is 27.2. The third kappa shape index (κ3) is 3.28. The van der Waals surface area contributed by atoms with Crippen LogP contribution in [0.15, 0.2) is 28.9 Å². The number of aromatic nitrogens is 2. The Hall–Kier alpha value is -2.57. The summed E-state index contributed by atoms with van der Waals surface area (Å²) in [5, 5.41) is 0. The summed E-state index contributed by atoms with van der Waals surface area (Å²) in [6, 6.07) is 5.42. The Kier molecular flexibility index (Phi) is 4.18. The molecule has 0 unspecified atom stereocenters. The Morgan fingerprint density at radius 3 is 2.57 bits per heavy atom. The Morgan fingerprint density at radius 1 is 1.22 bits per heavy atom. The highest BCUT2D eigenvalue weighted by atomic mass is 16.3. The molecule has 23 heavy (non-hydrogen) atoms. The molecule has 1 aliphatic rings. The fourth-order valence-electron chi connectivity index (χ4n) is 2.62. The molecule has 0 bridgehead atoms. The van der Waals surface area contributed by atoms with E-state index in [1.54, 1.807) is 12.1 Å². The monoisotopic (exact) mass is 315 g/mol. The normalized spacial score (nSPS) is 14.9. The number of hydrogen-bond donors (Lipinski definition) is 0. The van der Waals surface area contributed by atoms with Crippen LogP contribution in [0, 0.1) is 6.92 Å². The van der Waals surface area contributed by atoms with Crippen LogP contribution < -0.4 is 9.80 Å². The van der Waals surface area contributed by atoms with Crippen molar-refractivity contribution in [3.63, 3.8) is 0 Å². The van der Waals surface area contributed by atoms with Gasteiger partial charge in [0.05, 0.1) is 6.26 Å². The third-order valence-corrected chi connectivity index (χ3v) is 3.89. The fourth-order valence-corrected chi connectivity index (χ4v) is 2.62. The summed E-state index contributed by atoms with van der Waals surface area (Å²) in [6.45, 7) is 4.69. The number of nitrogens with zero attached hydrogens (tertiary/aromatic N) is 5. The van der Waals surface area contributed by atoms with Crippen molar-refractivity contribution in [2.24, 2.45) is 0 Å². The maximum atomic E-state index is 12.3. The van der Waals surface area contributed by atoms with Crippen molar-refractivity contribution in [1.82, 2.24) is 14.9 Å². The van der Waals surface area contributed by atoms with Gasteiger partial charge in [-0.15, -0.1) is 0 Å². The topological polar surface area (TPSA) is 65.7 Å². The van der Waals surface area contributed by atoms with E-state index in [9.17, 15) is 4.79 Å². The highest BCUT2D eigenvalue weighted by molar-refractivity contribution is 5.91. The Morgan fingerprint density at radius 2 is 1.96 bits per heavy atom. The summed E-state index contributed by atoms with van der Waals surface area (Å²) in [5.74, 6) is 2.89. The summed E-state index contributed by atoms with van der Waals surface area (Å²) in [6.07, 6.45) is 1.52. The lowest BCUT2D eigenvalue weighted by Crippen LogP contribution is -2.49. The van der Waals surface area contributed by atoms with Crippen LogP contribution in [0.5, 0.6) is 0 Å². The predicted octanol–water partition coefficient (Wildman–Crippen LogP) is 1.41. The molecule has 7 nitrogen and oxygen atoms in total. The predicted molar refractivity (Wildman–Crippen MR) is 87.9 cm³/mol. The number of anilines is 2. The van der Waals surface area contributed by atoms with Gasteiger partial charge < -0.3 is 19.1 Å². The van der Waals surface area contributed by atoms with Gasteiger partial charge in [0.2, 0.25) is 0 Å². The van der Waals surface area contributed by atoms with Crippen LogP contribution in [-0.4, -0.2) is 61.0 Å². The van der Waals surface area contributed by atoms with Gasteiger partial charge in [0.15, 0.2) is 5.76 Å². The highest BCUT2D eigenvalue weighted by Crippen LogP contribution is 2.19. The first kappa shape index (κ1) is 15.3. The first-order valence-electron chi connectivity index (χ1n) is 7.65. The molecule has 1 aliphatic heterocycles. The fraction of sp³-hybridized carbons (Fsp3) is 0.438. The lowest BCUT2D eigenvalue weighted by atomic mass is 10.2. The van der Waals surface area contributed by atoms with E-state index in [1.165, 1.54) is 6.26 Å². The van der Waals surface area contributed by atoms with Gasteiger partial charge in [0.25, 0.3) is 5.91 Å². The average molecular weight is 315 g/mol. The zero-order valence-electron chi connectivity index (χ0n) is 13.7. The van der Waals surface area contributed by atoms with E-state index in [2.05, 4.69) is 14.9 Å². The molecule has 2 aromatic rings. The van der Waals surface area contributed by atoms with E-state index in [-0.39, 0.29) is 5.91 Å². The van der Waals surface area contributed by atoms with E-state index in [1.807, 2.05) is 36.9 Å². The second kappa shape index (κ2) is 6.28. The van der Waals surface area contributed by atoms with E-state index in [4.69, 9.17) is 4.42 Å². The van der Waals surface area contributed by atoms with Crippen LogP contribution in [0.3, 0.4) is 0 Å². The van der Waals surface area contributed by atoms with Gasteiger partial charge >= 0.3 is 0 Å². The van der Waals surface area contributed by atoms with Crippen LogP contribution in [0.25, 0.3) is 0 Å². The van der Waals surface area contributed by atoms with E-state index >= 15 is 0 Å². The van der Waals surface area contributed by atoms with Crippen molar-refractivity contribution in [2.45, 2.75) is 6.92 Å². The van der Waals surface area contributed by atoms with Crippen LogP contribution in [0.2, 0.25) is 0 Å². The number of carbonyl (C=O) groups is 1. The van der Waals surface area contributed by atoms with Crippen molar-refractivity contribution in [2.75, 3.05) is 50.1 Å². The van der Waals surface area contributed by atoms with Crippen molar-refractivity contribution in [3.05, 3.63) is 36.0 Å². The zero-order chi connectivity index (χ0) is 16.4. The smallest absolute Gasteiger partial charge is 0.289 e. The molecule has 7 heteroatoms. The van der Waals surface area contributed by atoms with Gasteiger partial charge in [0.1, 0.15) is 17.5 Å². The lowest BCUT2D eigenvalue weighted by molar-refractivity contribution is 0.0714. The Labute approximate surface area is 135 Å². The molecule has 0 aliphatic carbocycles. The lowest BCUT2D eigenvalue weighted by Gasteiger charge is -2.35. The quantitative estimate of drug-likeness (QED) is 0.853. The van der Waals surface area contributed by atoms with Crippen LogP contribution in [0.4, 0.5) is 11.6 Å². The highest BCUT2D eigenvalue weighted by Gasteiger charge is 2.24. The molecule has 122 valence electrons. The standard InChI is InChI=1S/C16H21N5O2/c1-12-17-14(19(2)3)11-15(18-12)20-6-8-21(9-7-20)16(22)13-5-4-10-23-13/h4-5,10-11H,6-9H2,1-3H3. The number of amides is 1. The van der Waals surface area contributed by atoms with E-state index in [0.29, 0.717) is 18.8 Å². The number of hydrogen-bond acceptors (Lipinski definition) is 6. The Bertz CT molecular complexity index is 676. The van der Waals surface area contributed by atoms with Gasteiger partial charge in [-0.25, -0.2) is 9.97 Å². The van der Waals surface area contributed by atoms with Gasteiger partial charge in [0, 0.05) is 46.3 Å². The molecule has 1 saturated heterocycles. The first-order chi connectivity index (χ1) is 11.0. The molecule has 3 heterocycles. The minimum absolute atomic E-state index is 0.0532. The molecular weight excluding hydrogens is 294 g/mol. The summed E-state index contributed by atoms with van der Waals surface area (Å²) in [5.41, 5.74) is 0. The second-order valence-electron chi connectivity index (χ2n) is 5.78. The van der Waals surface area contributed by atoms with Gasteiger partial charge in [-0.1, -0.05) is 0 Å². The molecule has 0 spiro atoms. The molecule has 0 atom stereocenters. The van der Waals surface area contributed by atoms with Gasteiger partial charge in [-0.2, -0.15) is 0 Å². The molecule has 0 saturated carbocycles. The van der Waals surface area contributed by atoms with Crippen molar-refractivity contribution in [1.29, 1.82) is 0 Å². The maximum absolute atomic E-state index is 12.3. The minimum atomic E-state index is -0.0532. The molecule has 1 amide bonds. The number of furan rings is 1. The van der Waals surface area contributed by atoms with Crippen LogP contribution in [0.1, 0.15) is 16.4 Å². The largest absolute Gasteiger partial charge is 0.459 e. The number of piperazine rings is 1. The molecule has 0 N–H and O–H groups in total. The maximum Gasteiger partial charge on any atom is 0.289 e. The molecule has 0 radical (unpaired) electrons.